The Hall–Kier alpha value is -3.61. The van der Waals surface area contributed by atoms with Gasteiger partial charge in [-0.25, -0.2) is 14.5 Å². The van der Waals surface area contributed by atoms with Crippen molar-refractivity contribution in [3.05, 3.63) is 78.4 Å². The maximum atomic E-state index is 12.6. The maximum absolute atomic E-state index is 12.6. The number of carbonyl (C=O) groups is 1. The number of para-hydroxylation sites is 1. The van der Waals surface area contributed by atoms with E-state index in [0.29, 0.717) is 12.5 Å². The van der Waals surface area contributed by atoms with E-state index < -0.39 is 0 Å². The first-order chi connectivity index (χ1) is 14.8. The van der Waals surface area contributed by atoms with Crippen molar-refractivity contribution < 1.29 is 4.79 Å². The summed E-state index contributed by atoms with van der Waals surface area (Å²) in [5.41, 5.74) is 3.45. The standard InChI is InChI=1S/C23H24N6O/c30-23(25-16-17-6-10-24-22(14-17)29-11-3-9-26-29)28-12-7-18(8-13-28)21-15-19-4-1-2-5-20(19)27-21/h1-6,9-11,14-15,18,27H,7-8,12-13,16H2,(H,25,30). The topological polar surface area (TPSA) is 78.8 Å². The van der Waals surface area contributed by atoms with Gasteiger partial charge in [-0.15, -0.1) is 0 Å². The number of piperidine rings is 1. The number of carbonyl (C=O) groups excluding carboxylic acids is 1. The van der Waals surface area contributed by atoms with Gasteiger partial charge in [0.1, 0.15) is 0 Å². The van der Waals surface area contributed by atoms with Crippen molar-refractivity contribution in [3.63, 3.8) is 0 Å². The average Bonchev–Trinajstić information content (AvgIpc) is 3.48. The Morgan fingerprint density at radius 1 is 1.10 bits per heavy atom. The number of H-pyrrole nitrogens is 1. The Balaban J connectivity index is 1.16. The summed E-state index contributed by atoms with van der Waals surface area (Å²) < 4.78 is 1.71. The number of urea groups is 1. The second-order valence-electron chi connectivity index (χ2n) is 7.70. The van der Waals surface area contributed by atoms with Crippen LogP contribution in [0.25, 0.3) is 16.7 Å². The molecule has 2 amide bonds. The zero-order valence-electron chi connectivity index (χ0n) is 16.7. The van der Waals surface area contributed by atoms with Crippen molar-refractivity contribution in [2.45, 2.75) is 25.3 Å². The van der Waals surface area contributed by atoms with Crippen molar-refractivity contribution >= 4 is 16.9 Å². The number of aromatic amines is 1. The molecule has 0 aliphatic carbocycles. The van der Waals surface area contributed by atoms with E-state index in [-0.39, 0.29) is 6.03 Å². The molecule has 4 heterocycles. The molecule has 1 fully saturated rings. The molecule has 30 heavy (non-hydrogen) atoms. The molecule has 0 atom stereocenters. The highest BCUT2D eigenvalue weighted by atomic mass is 16.2. The second kappa shape index (κ2) is 8.02. The molecule has 1 aliphatic heterocycles. The van der Waals surface area contributed by atoms with Gasteiger partial charge in [0, 0.05) is 55.4 Å². The zero-order chi connectivity index (χ0) is 20.3. The van der Waals surface area contributed by atoms with Crippen LogP contribution in [-0.2, 0) is 6.54 Å². The fraction of sp³-hybridized carbons (Fsp3) is 0.261. The van der Waals surface area contributed by atoms with Gasteiger partial charge in [-0.2, -0.15) is 5.10 Å². The number of likely N-dealkylation sites (tertiary alicyclic amines) is 1. The number of hydrogen-bond donors (Lipinski definition) is 2. The Bertz CT molecular complexity index is 1110. The lowest BCUT2D eigenvalue weighted by molar-refractivity contribution is 0.180. The largest absolute Gasteiger partial charge is 0.358 e. The van der Waals surface area contributed by atoms with Crippen LogP contribution in [0.15, 0.2) is 67.1 Å². The van der Waals surface area contributed by atoms with Crippen LogP contribution in [0.5, 0.6) is 0 Å². The molecular weight excluding hydrogens is 376 g/mol. The predicted molar refractivity (Wildman–Crippen MR) is 115 cm³/mol. The van der Waals surface area contributed by atoms with Gasteiger partial charge >= 0.3 is 6.03 Å². The van der Waals surface area contributed by atoms with Crippen molar-refractivity contribution in [1.29, 1.82) is 0 Å². The Morgan fingerprint density at radius 3 is 2.77 bits per heavy atom. The van der Waals surface area contributed by atoms with Crippen LogP contribution in [0.4, 0.5) is 4.79 Å². The molecule has 1 saturated heterocycles. The lowest BCUT2D eigenvalue weighted by atomic mass is 9.94. The fourth-order valence-electron chi connectivity index (χ4n) is 4.10. The minimum Gasteiger partial charge on any atom is -0.358 e. The Labute approximate surface area is 174 Å². The number of benzene rings is 1. The third-order valence-electron chi connectivity index (χ3n) is 5.77. The van der Waals surface area contributed by atoms with Crippen LogP contribution in [0, 0.1) is 0 Å². The van der Waals surface area contributed by atoms with E-state index in [1.54, 1.807) is 17.1 Å². The van der Waals surface area contributed by atoms with E-state index in [9.17, 15) is 4.79 Å². The van der Waals surface area contributed by atoms with Gasteiger partial charge in [0.2, 0.25) is 0 Å². The fourth-order valence-corrected chi connectivity index (χ4v) is 4.10. The number of aromatic nitrogens is 4. The van der Waals surface area contributed by atoms with Crippen LogP contribution < -0.4 is 5.32 Å². The molecule has 3 aromatic heterocycles. The molecule has 0 saturated carbocycles. The van der Waals surface area contributed by atoms with E-state index >= 15 is 0 Å². The highest BCUT2D eigenvalue weighted by molar-refractivity contribution is 5.80. The molecule has 1 aliphatic rings. The highest BCUT2D eigenvalue weighted by Gasteiger charge is 2.24. The molecular formula is C23H24N6O. The van der Waals surface area contributed by atoms with Gasteiger partial charge < -0.3 is 15.2 Å². The minimum absolute atomic E-state index is 0.0115. The van der Waals surface area contributed by atoms with E-state index in [0.717, 1.165) is 37.3 Å². The lowest BCUT2D eigenvalue weighted by Crippen LogP contribution is -2.43. The number of amides is 2. The molecule has 0 radical (unpaired) electrons. The summed E-state index contributed by atoms with van der Waals surface area (Å²) in [4.78, 5) is 22.4. The zero-order valence-corrected chi connectivity index (χ0v) is 16.7. The van der Waals surface area contributed by atoms with Gasteiger partial charge in [-0.3, -0.25) is 0 Å². The third kappa shape index (κ3) is 3.78. The summed E-state index contributed by atoms with van der Waals surface area (Å²) in [6.07, 6.45) is 7.25. The molecule has 4 aromatic rings. The first kappa shape index (κ1) is 18.4. The quantitative estimate of drug-likeness (QED) is 0.546. The second-order valence-corrected chi connectivity index (χ2v) is 7.70. The summed E-state index contributed by atoms with van der Waals surface area (Å²) in [6, 6.07) is 16.3. The molecule has 152 valence electrons. The number of pyridine rings is 1. The minimum atomic E-state index is -0.0115. The van der Waals surface area contributed by atoms with E-state index in [2.05, 4.69) is 50.7 Å². The number of fused-ring (bicyclic) bond motifs is 1. The third-order valence-corrected chi connectivity index (χ3v) is 5.77. The molecule has 7 nitrogen and oxygen atoms in total. The maximum Gasteiger partial charge on any atom is 0.317 e. The summed E-state index contributed by atoms with van der Waals surface area (Å²) in [6.45, 7) is 2.00. The van der Waals surface area contributed by atoms with Crippen LogP contribution in [0.2, 0.25) is 0 Å². The first-order valence-corrected chi connectivity index (χ1v) is 10.3. The summed E-state index contributed by atoms with van der Waals surface area (Å²) in [5, 5.41) is 8.49. The number of hydrogen-bond acceptors (Lipinski definition) is 3. The van der Waals surface area contributed by atoms with Crippen molar-refractivity contribution in [2.75, 3.05) is 13.1 Å². The summed E-state index contributed by atoms with van der Waals surface area (Å²) in [5.74, 6) is 1.21. The van der Waals surface area contributed by atoms with Gasteiger partial charge in [0.05, 0.1) is 0 Å². The number of rotatable bonds is 4. The predicted octanol–water partition coefficient (Wildman–Crippen LogP) is 3.84. The van der Waals surface area contributed by atoms with Gasteiger partial charge in [0.25, 0.3) is 0 Å². The molecule has 2 N–H and O–H groups in total. The highest BCUT2D eigenvalue weighted by Crippen LogP contribution is 2.29. The lowest BCUT2D eigenvalue weighted by Gasteiger charge is -2.31. The van der Waals surface area contributed by atoms with Crippen LogP contribution in [-0.4, -0.2) is 43.8 Å². The SMILES string of the molecule is O=C(NCc1ccnc(-n2cccn2)c1)N1CCC(c2cc3ccccc3[nH]2)CC1. The number of nitrogens with one attached hydrogen (secondary N) is 2. The Morgan fingerprint density at radius 2 is 1.97 bits per heavy atom. The molecule has 5 rings (SSSR count). The van der Waals surface area contributed by atoms with Gasteiger partial charge in [0.15, 0.2) is 5.82 Å². The van der Waals surface area contributed by atoms with Crippen molar-refractivity contribution in [3.8, 4) is 5.82 Å². The number of nitrogens with zero attached hydrogens (tertiary/aromatic N) is 4. The summed E-state index contributed by atoms with van der Waals surface area (Å²) in [7, 11) is 0. The molecule has 1 aromatic carbocycles. The van der Waals surface area contributed by atoms with E-state index in [1.165, 1.54) is 16.6 Å². The van der Waals surface area contributed by atoms with E-state index in [1.807, 2.05) is 29.3 Å². The van der Waals surface area contributed by atoms with Crippen LogP contribution >= 0.6 is 0 Å². The van der Waals surface area contributed by atoms with Crippen molar-refractivity contribution in [2.24, 2.45) is 0 Å². The van der Waals surface area contributed by atoms with Crippen LogP contribution in [0.3, 0.4) is 0 Å². The normalized spacial score (nSPS) is 14.9. The molecule has 0 spiro atoms. The van der Waals surface area contributed by atoms with Gasteiger partial charge in [-0.1, -0.05) is 18.2 Å². The van der Waals surface area contributed by atoms with Crippen molar-refractivity contribution in [1.82, 2.24) is 30.0 Å². The monoisotopic (exact) mass is 400 g/mol. The molecule has 0 unspecified atom stereocenters. The first-order valence-electron chi connectivity index (χ1n) is 10.3. The summed E-state index contributed by atoms with van der Waals surface area (Å²) >= 11 is 0. The smallest absolute Gasteiger partial charge is 0.317 e. The van der Waals surface area contributed by atoms with E-state index in [4.69, 9.17) is 0 Å². The van der Waals surface area contributed by atoms with Crippen LogP contribution in [0.1, 0.15) is 30.0 Å². The van der Waals surface area contributed by atoms with Gasteiger partial charge in [-0.05, 0) is 54.1 Å². The Kier molecular flexibility index (Phi) is 4.93. The molecule has 0 bridgehead atoms. The molecule has 7 heteroatoms. The average molecular weight is 400 g/mol.